The van der Waals surface area contributed by atoms with Gasteiger partial charge in [0.15, 0.2) is 0 Å². The Hall–Kier alpha value is -2.86. The van der Waals surface area contributed by atoms with E-state index in [1.54, 1.807) is 13.2 Å². The molecule has 7 heteroatoms. The van der Waals surface area contributed by atoms with Crippen molar-refractivity contribution in [1.82, 2.24) is 15.5 Å². The summed E-state index contributed by atoms with van der Waals surface area (Å²) in [6.07, 6.45) is 1.02. The number of hydrogen-bond acceptors (Lipinski definition) is 5. The van der Waals surface area contributed by atoms with Crippen molar-refractivity contribution >= 4 is 17.5 Å². The molecule has 0 saturated carbocycles. The predicted molar refractivity (Wildman–Crippen MR) is 103 cm³/mol. The minimum absolute atomic E-state index is 0.0824. The van der Waals surface area contributed by atoms with E-state index in [0.29, 0.717) is 35.1 Å². The summed E-state index contributed by atoms with van der Waals surface area (Å²) in [5.41, 5.74) is 2.82. The van der Waals surface area contributed by atoms with Gasteiger partial charge >= 0.3 is 0 Å². The number of nitrogens with one attached hydrogen (secondary N) is 1. The molecule has 0 saturated heterocycles. The highest BCUT2D eigenvalue weighted by Crippen LogP contribution is 2.24. The third-order valence-corrected chi connectivity index (χ3v) is 4.45. The molecule has 0 aliphatic heterocycles. The predicted octanol–water partition coefficient (Wildman–Crippen LogP) is 3.96. The van der Waals surface area contributed by atoms with Crippen LogP contribution in [0.5, 0.6) is 5.75 Å². The van der Waals surface area contributed by atoms with Gasteiger partial charge in [0, 0.05) is 12.0 Å². The number of hydrogen-bond donors (Lipinski definition) is 1. The Labute approximate surface area is 162 Å². The SMILES string of the molecule is COc1ccc(CCC(=O)NCc2nc(-c3ccccc3Cl)no2)cc1C. The van der Waals surface area contributed by atoms with Crippen LogP contribution in [0.15, 0.2) is 47.0 Å². The fourth-order valence-electron chi connectivity index (χ4n) is 2.70. The standard InChI is InChI=1S/C20H20ClN3O3/c1-13-11-14(7-9-17(13)26-2)8-10-18(25)22-12-19-23-20(24-27-19)15-5-3-4-6-16(15)21/h3-7,9,11H,8,10,12H2,1-2H3,(H,22,25). The number of rotatable bonds is 7. The van der Waals surface area contributed by atoms with E-state index in [0.717, 1.165) is 16.9 Å². The van der Waals surface area contributed by atoms with Gasteiger partial charge in [-0.05, 0) is 42.7 Å². The number of aryl methyl sites for hydroxylation is 2. The largest absolute Gasteiger partial charge is 0.496 e. The Morgan fingerprint density at radius 1 is 1.26 bits per heavy atom. The highest BCUT2D eigenvalue weighted by Gasteiger charge is 2.12. The smallest absolute Gasteiger partial charge is 0.246 e. The summed E-state index contributed by atoms with van der Waals surface area (Å²) in [6, 6.07) is 13.2. The van der Waals surface area contributed by atoms with Gasteiger partial charge in [-0.2, -0.15) is 4.98 Å². The zero-order chi connectivity index (χ0) is 19.2. The Kier molecular flexibility index (Phi) is 6.08. The van der Waals surface area contributed by atoms with E-state index >= 15 is 0 Å². The number of halogens is 1. The van der Waals surface area contributed by atoms with Crippen LogP contribution in [-0.2, 0) is 17.8 Å². The van der Waals surface area contributed by atoms with Gasteiger partial charge < -0.3 is 14.6 Å². The molecule has 0 unspecified atom stereocenters. The van der Waals surface area contributed by atoms with Crippen LogP contribution in [0.2, 0.25) is 5.02 Å². The Morgan fingerprint density at radius 2 is 2.07 bits per heavy atom. The first-order valence-corrected chi connectivity index (χ1v) is 8.92. The average molecular weight is 386 g/mol. The third-order valence-electron chi connectivity index (χ3n) is 4.12. The Morgan fingerprint density at radius 3 is 2.81 bits per heavy atom. The van der Waals surface area contributed by atoms with Crippen molar-refractivity contribution < 1.29 is 14.1 Å². The Bertz CT molecular complexity index is 940. The first kappa shape index (κ1) is 18.9. The van der Waals surface area contributed by atoms with Crippen molar-refractivity contribution in [3.05, 3.63) is 64.5 Å². The number of aromatic nitrogens is 2. The second-order valence-electron chi connectivity index (χ2n) is 6.07. The molecule has 3 aromatic rings. The van der Waals surface area contributed by atoms with E-state index in [2.05, 4.69) is 15.5 Å². The average Bonchev–Trinajstić information content (AvgIpc) is 3.14. The molecule has 0 spiro atoms. The van der Waals surface area contributed by atoms with E-state index in [-0.39, 0.29) is 12.5 Å². The van der Waals surface area contributed by atoms with Gasteiger partial charge in [0.05, 0.1) is 18.7 Å². The molecule has 0 bridgehead atoms. The molecule has 0 radical (unpaired) electrons. The van der Waals surface area contributed by atoms with Gasteiger partial charge in [0.2, 0.25) is 17.6 Å². The minimum Gasteiger partial charge on any atom is -0.496 e. The summed E-state index contributed by atoms with van der Waals surface area (Å²) in [5.74, 6) is 1.49. The van der Waals surface area contributed by atoms with Crippen LogP contribution in [0.3, 0.4) is 0 Å². The molecular weight excluding hydrogens is 366 g/mol. The number of ether oxygens (including phenoxy) is 1. The van der Waals surface area contributed by atoms with Gasteiger partial charge in [-0.25, -0.2) is 0 Å². The van der Waals surface area contributed by atoms with E-state index in [4.69, 9.17) is 20.9 Å². The van der Waals surface area contributed by atoms with E-state index in [1.807, 2.05) is 43.3 Å². The van der Waals surface area contributed by atoms with E-state index in [9.17, 15) is 4.79 Å². The van der Waals surface area contributed by atoms with Crippen molar-refractivity contribution in [2.24, 2.45) is 0 Å². The molecule has 0 aliphatic carbocycles. The molecular formula is C20H20ClN3O3. The highest BCUT2D eigenvalue weighted by atomic mass is 35.5. The number of nitrogens with zero attached hydrogens (tertiary/aromatic N) is 2. The molecule has 0 atom stereocenters. The summed E-state index contributed by atoms with van der Waals surface area (Å²) in [6.45, 7) is 2.16. The lowest BCUT2D eigenvalue weighted by Gasteiger charge is -2.07. The van der Waals surface area contributed by atoms with Crippen LogP contribution < -0.4 is 10.1 Å². The van der Waals surface area contributed by atoms with Crippen LogP contribution >= 0.6 is 11.6 Å². The van der Waals surface area contributed by atoms with Crippen LogP contribution in [-0.4, -0.2) is 23.2 Å². The first-order valence-electron chi connectivity index (χ1n) is 8.54. The minimum atomic E-state index is -0.0824. The summed E-state index contributed by atoms with van der Waals surface area (Å²) in [7, 11) is 1.64. The lowest BCUT2D eigenvalue weighted by molar-refractivity contribution is -0.121. The molecule has 0 fully saturated rings. The van der Waals surface area contributed by atoms with Crippen molar-refractivity contribution in [2.75, 3.05) is 7.11 Å². The maximum Gasteiger partial charge on any atom is 0.246 e. The molecule has 0 aliphatic rings. The van der Waals surface area contributed by atoms with Crippen molar-refractivity contribution in [3.8, 4) is 17.1 Å². The fourth-order valence-corrected chi connectivity index (χ4v) is 2.92. The van der Waals surface area contributed by atoms with Crippen molar-refractivity contribution in [1.29, 1.82) is 0 Å². The topological polar surface area (TPSA) is 77.2 Å². The highest BCUT2D eigenvalue weighted by molar-refractivity contribution is 6.33. The molecule has 2 aromatic carbocycles. The molecule has 1 amide bonds. The van der Waals surface area contributed by atoms with Crippen LogP contribution in [0, 0.1) is 6.92 Å². The lowest BCUT2D eigenvalue weighted by atomic mass is 10.1. The lowest BCUT2D eigenvalue weighted by Crippen LogP contribution is -2.23. The van der Waals surface area contributed by atoms with E-state index in [1.165, 1.54) is 0 Å². The van der Waals surface area contributed by atoms with Crippen molar-refractivity contribution in [2.45, 2.75) is 26.3 Å². The summed E-state index contributed by atoms with van der Waals surface area (Å²) >= 11 is 6.13. The maximum atomic E-state index is 12.1. The first-order chi connectivity index (χ1) is 13.1. The number of methoxy groups -OCH3 is 1. The molecule has 6 nitrogen and oxygen atoms in total. The van der Waals surface area contributed by atoms with Crippen molar-refractivity contribution in [3.63, 3.8) is 0 Å². The summed E-state index contributed by atoms with van der Waals surface area (Å²) in [5, 5.41) is 7.25. The van der Waals surface area contributed by atoms with Gasteiger partial charge in [-0.3, -0.25) is 4.79 Å². The molecule has 1 N–H and O–H groups in total. The molecule has 140 valence electrons. The van der Waals surface area contributed by atoms with Gasteiger partial charge in [0.25, 0.3) is 0 Å². The molecule has 1 heterocycles. The molecule has 27 heavy (non-hydrogen) atoms. The van der Waals surface area contributed by atoms with Crippen LogP contribution in [0.25, 0.3) is 11.4 Å². The summed E-state index contributed by atoms with van der Waals surface area (Å²) in [4.78, 5) is 16.4. The molecule has 3 rings (SSSR count). The van der Waals surface area contributed by atoms with Gasteiger partial charge in [-0.15, -0.1) is 0 Å². The quantitative estimate of drug-likeness (QED) is 0.666. The van der Waals surface area contributed by atoms with Gasteiger partial charge in [-0.1, -0.05) is 41.0 Å². The second kappa shape index (κ2) is 8.68. The Balaban J connectivity index is 1.51. The fraction of sp³-hybridized carbons (Fsp3) is 0.250. The monoisotopic (exact) mass is 385 g/mol. The van der Waals surface area contributed by atoms with E-state index < -0.39 is 0 Å². The maximum absolute atomic E-state index is 12.1. The normalized spacial score (nSPS) is 10.6. The van der Waals surface area contributed by atoms with Crippen LogP contribution in [0.1, 0.15) is 23.4 Å². The summed E-state index contributed by atoms with van der Waals surface area (Å²) < 4.78 is 10.4. The number of amides is 1. The number of carbonyl (C=O) groups excluding carboxylic acids is 1. The third kappa shape index (κ3) is 4.86. The molecule has 1 aromatic heterocycles. The zero-order valence-electron chi connectivity index (χ0n) is 15.2. The number of carbonyl (C=O) groups is 1. The zero-order valence-corrected chi connectivity index (χ0v) is 15.9. The van der Waals surface area contributed by atoms with Gasteiger partial charge in [0.1, 0.15) is 5.75 Å². The van der Waals surface area contributed by atoms with Crippen LogP contribution in [0.4, 0.5) is 0 Å². The second-order valence-corrected chi connectivity index (χ2v) is 6.48. The number of benzene rings is 2.